The van der Waals surface area contributed by atoms with Crippen LogP contribution >= 0.6 is 0 Å². The summed E-state index contributed by atoms with van der Waals surface area (Å²) in [6.45, 7) is 18.2. The highest BCUT2D eigenvalue weighted by Crippen LogP contribution is 2.36. The van der Waals surface area contributed by atoms with Gasteiger partial charge in [0.2, 0.25) is 5.95 Å². The second-order valence-corrected chi connectivity index (χ2v) is 9.59. The van der Waals surface area contributed by atoms with Gasteiger partial charge in [-0.3, -0.25) is 4.90 Å². The van der Waals surface area contributed by atoms with Gasteiger partial charge in [-0.1, -0.05) is 20.8 Å². The molecule has 3 rings (SSSR count). The van der Waals surface area contributed by atoms with Gasteiger partial charge in [-0.05, 0) is 56.9 Å². The molecule has 0 aromatic carbocycles. The Morgan fingerprint density at radius 2 is 1.67 bits per heavy atom. The Labute approximate surface area is 147 Å². The maximum Gasteiger partial charge on any atom is 0.225 e. The summed E-state index contributed by atoms with van der Waals surface area (Å²) in [7, 11) is 0. The summed E-state index contributed by atoms with van der Waals surface area (Å²) >= 11 is 0. The van der Waals surface area contributed by atoms with Gasteiger partial charge in [0.15, 0.2) is 0 Å². The van der Waals surface area contributed by atoms with Crippen molar-refractivity contribution in [3.05, 3.63) is 17.5 Å². The van der Waals surface area contributed by atoms with Crippen LogP contribution in [0.2, 0.25) is 0 Å². The van der Waals surface area contributed by atoms with Gasteiger partial charge in [0.05, 0.1) is 0 Å². The van der Waals surface area contributed by atoms with Crippen LogP contribution in [0.5, 0.6) is 0 Å². The van der Waals surface area contributed by atoms with Crippen molar-refractivity contribution in [3.63, 3.8) is 0 Å². The highest BCUT2D eigenvalue weighted by atomic mass is 15.3. The molecule has 0 spiro atoms. The summed E-state index contributed by atoms with van der Waals surface area (Å²) in [5, 5.41) is 0. The first-order valence-corrected chi connectivity index (χ1v) is 9.49. The molecule has 1 unspecified atom stereocenters. The zero-order valence-corrected chi connectivity index (χ0v) is 16.4. The smallest absolute Gasteiger partial charge is 0.225 e. The number of hydrogen-bond donors (Lipinski definition) is 0. The van der Waals surface area contributed by atoms with Crippen LogP contribution in [0.3, 0.4) is 0 Å². The van der Waals surface area contributed by atoms with E-state index in [1.54, 1.807) is 0 Å². The fourth-order valence-corrected chi connectivity index (χ4v) is 3.97. The molecule has 4 heteroatoms. The lowest BCUT2D eigenvalue weighted by Gasteiger charge is -2.42. The van der Waals surface area contributed by atoms with Crippen molar-refractivity contribution in [2.45, 2.75) is 66.3 Å². The Kier molecular flexibility index (Phi) is 4.63. The van der Waals surface area contributed by atoms with Gasteiger partial charge in [-0.15, -0.1) is 0 Å². The molecule has 134 valence electrons. The van der Waals surface area contributed by atoms with E-state index in [9.17, 15) is 0 Å². The molecule has 4 nitrogen and oxygen atoms in total. The number of aromatic nitrogens is 2. The molecule has 1 aliphatic carbocycles. The van der Waals surface area contributed by atoms with Crippen LogP contribution < -0.4 is 4.90 Å². The molecular formula is C20H34N4. The molecule has 0 saturated carbocycles. The average Bonchev–Trinajstić information content (AvgIpc) is 2.52. The minimum Gasteiger partial charge on any atom is -0.338 e. The Balaban J connectivity index is 1.68. The molecule has 0 amide bonds. The summed E-state index contributed by atoms with van der Waals surface area (Å²) in [6.07, 6.45) is 5.60. The number of rotatable bonds is 1. The number of hydrogen-bond acceptors (Lipinski definition) is 4. The van der Waals surface area contributed by atoms with Crippen LogP contribution in [0.25, 0.3) is 0 Å². The van der Waals surface area contributed by atoms with Crippen molar-refractivity contribution >= 4 is 5.95 Å². The SMILES string of the molecule is CC(C)(C)C1CCc2nc(N3CCN(C(C)(C)C)CC3)ncc2C1. The summed E-state index contributed by atoms with van der Waals surface area (Å²) < 4.78 is 0. The first kappa shape index (κ1) is 17.7. The number of nitrogens with zero attached hydrogens (tertiary/aromatic N) is 4. The quantitative estimate of drug-likeness (QED) is 0.788. The van der Waals surface area contributed by atoms with Crippen LogP contribution in [0.15, 0.2) is 6.20 Å². The summed E-state index contributed by atoms with van der Waals surface area (Å²) in [5.74, 6) is 1.69. The van der Waals surface area contributed by atoms with Crippen molar-refractivity contribution in [2.24, 2.45) is 11.3 Å². The van der Waals surface area contributed by atoms with E-state index in [1.165, 1.54) is 17.7 Å². The van der Waals surface area contributed by atoms with Crippen molar-refractivity contribution in [2.75, 3.05) is 31.1 Å². The lowest BCUT2D eigenvalue weighted by molar-refractivity contribution is 0.128. The first-order chi connectivity index (χ1) is 11.1. The molecule has 1 aromatic rings. The topological polar surface area (TPSA) is 32.3 Å². The molecule has 0 bridgehead atoms. The van der Waals surface area contributed by atoms with E-state index in [4.69, 9.17) is 9.97 Å². The van der Waals surface area contributed by atoms with Crippen LogP contribution in [0, 0.1) is 11.3 Å². The van der Waals surface area contributed by atoms with E-state index in [2.05, 4.69) is 57.5 Å². The predicted molar refractivity (Wildman–Crippen MR) is 101 cm³/mol. The molecule has 1 fully saturated rings. The van der Waals surface area contributed by atoms with Crippen molar-refractivity contribution in [1.29, 1.82) is 0 Å². The highest BCUT2D eigenvalue weighted by molar-refractivity contribution is 5.35. The number of piperazine rings is 1. The van der Waals surface area contributed by atoms with E-state index in [-0.39, 0.29) is 5.54 Å². The predicted octanol–water partition coefficient (Wildman–Crippen LogP) is 3.55. The number of anilines is 1. The van der Waals surface area contributed by atoms with Gasteiger partial charge < -0.3 is 4.90 Å². The lowest BCUT2D eigenvalue weighted by Crippen LogP contribution is -2.53. The standard InChI is InChI=1S/C20H34N4/c1-19(2,3)16-7-8-17-15(13-16)14-21-18(22-17)23-9-11-24(12-10-23)20(4,5)6/h14,16H,7-13H2,1-6H3. The first-order valence-electron chi connectivity index (χ1n) is 9.49. The molecule has 1 aliphatic heterocycles. The van der Waals surface area contributed by atoms with E-state index in [1.807, 2.05) is 0 Å². The zero-order valence-electron chi connectivity index (χ0n) is 16.4. The van der Waals surface area contributed by atoms with E-state index >= 15 is 0 Å². The number of fused-ring (bicyclic) bond motifs is 1. The molecule has 0 N–H and O–H groups in total. The monoisotopic (exact) mass is 330 g/mol. The Morgan fingerprint density at radius 3 is 2.25 bits per heavy atom. The van der Waals surface area contributed by atoms with Gasteiger partial charge >= 0.3 is 0 Å². The Bertz CT molecular complexity index is 574. The van der Waals surface area contributed by atoms with Crippen LogP contribution in [0.4, 0.5) is 5.95 Å². The van der Waals surface area contributed by atoms with Gasteiger partial charge in [-0.2, -0.15) is 0 Å². The highest BCUT2D eigenvalue weighted by Gasteiger charge is 2.31. The van der Waals surface area contributed by atoms with Crippen LogP contribution in [-0.2, 0) is 12.8 Å². The van der Waals surface area contributed by atoms with Gasteiger partial charge in [0, 0.05) is 43.6 Å². The third-order valence-electron chi connectivity index (χ3n) is 5.87. The third-order valence-corrected chi connectivity index (χ3v) is 5.87. The van der Waals surface area contributed by atoms with Crippen molar-refractivity contribution in [1.82, 2.24) is 14.9 Å². The second kappa shape index (κ2) is 6.29. The molecule has 2 heterocycles. The van der Waals surface area contributed by atoms with E-state index in [0.29, 0.717) is 5.41 Å². The Hall–Kier alpha value is -1.16. The fourth-order valence-electron chi connectivity index (χ4n) is 3.97. The molecule has 1 saturated heterocycles. The third kappa shape index (κ3) is 3.74. The van der Waals surface area contributed by atoms with E-state index in [0.717, 1.165) is 50.9 Å². The van der Waals surface area contributed by atoms with Crippen LogP contribution in [0.1, 0.15) is 59.2 Å². The maximum absolute atomic E-state index is 4.94. The molecule has 2 aliphatic rings. The lowest BCUT2D eigenvalue weighted by atomic mass is 9.72. The summed E-state index contributed by atoms with van der Waals surface area (Å²) in [4.78, 5) is 14.6. The van der Waals surface area contributed by atoms with Crippen molar-refractivity contribution in [3.8, 4) is 0 Å². The van der Waals surface area contributed by atoms with E-state index < -0.39 is 0 Å². The Morgan fingerprint density at radius 1 is 1.00 bits per heavy atom. The fraction of sp³-hybridized carbons (Fsp3) is 0.800. The van der Waals surface area contributed by atoms with Gasteiger partial charge in [0.25, 0.3) is 0 Å². The average molecular weight is 331 g/mol. The van der Waals surface area contributed by atoms with Gasteiger partial charge in [0.1, 0.15) is 0 Å². The maximum atomic E-state index is 4.94. The minimum atomic E-state index is 0.255. The normalized spacial score (nSPS) is 23.2. The molecular weight excluding hydrogens is 296 g/mol. The molecule has 24 heavy (non-hydrogen) atoms. The zero-order chi connectivity index (χ0) is 17.5. The molecule has 0 radical (unpaired) electrons. The van der Waals surface area contributed by atoms with Crippen LogP contribution in [-0.4, -0.2) is 46.6 Å². The van der Waals surface area contributed by atoms with Gasteiger partial charge in [-0.25, -0.2) is 9.97 Å². The number of aryl methyl sites for hydroxylation is 1. The molecule has 1 aromatic heterocycles. The summed E-state index contributed by atoms with van der Waals surface area (Å²) in [6, 6.07) is 0. The van der Waals surface area contributed by atoms with Crippen molar-refractivity contribution < 1.29 is 0 Å². The molecule has 1 atom stereocenters. The summed E-state index contributed by atoms with van der Waals surface area (Å²) in [5.41, 5.74) is 3.29. The second-order valence-electron chi connectivity index (χ2n) is 9.59. The largest absolute Gasteiger partial charge is 0.338 e. The minimum absolute atomic E-state index is 0.255.